The lowest BCUT2D eigenvalue weighted by Gasteiger charge is -2.19. The van der Waals surface area contributed by atoms with Crippen molar-refractivity contribution in [2.24, 2.45) is 12.5 Å². The molecule has 0 saturated heterocycles. The van der Waals surface area contributed by atoms with E-state index < -0.39 is 0 Å². The van der Waals surface area contributed by atoms with E-state index in [0.717, 1.165) is 11.9 Å². The van der Waals surface area contributed by atoms with E-state index in [9.17, 15) is 0 Å². The lowest BCUT2D eigenvalue weighted by atomic mass is 9.86. The van der Waals surface area contributed by atoms with Crippen LogP contribution in [0.1, 0.15) is 37.5 Å². The molecule has 0 aliphatic heterocycles. The van der Waals surface area contributed by atoms with Gasteiger partial charge in [-0.05, 0) is 82.9 Å². The number of fused-ring (bicyclic) bond motifs is 7. The highest BCUT2D eigenvalue weighted by atomic mass is 15.0. The number of aromatic nitrogens is 3. The first-order chi connectivity index (χ1) is 16.7. The molecule has 0 bridgehead atoms. The van der Waals surface area contributed by atoms with E-state index >= 15 is 0 Å². The van der Waals surface area contributed by atoms with Crippen molar-refractivity contribution < 1.29 is 4.57 Å². The Labute approximate surface area is 205 Å². The molecule has 0 spiro atoms. The van der Waals surface area contributed by atoms with Gasteiger partial charge in [-0.3, -0.25) is 0 Å². The van der Waals surface area contributed by atoms with Crippen molar-refractivity contribution in [3.05, 3.63) is 77.6 Å². The number of rotatable bonds is 1. The molecule has 3 nitrogen and oxygen atoms in total. The summed E-state index contributed by atoms with van der Waals surface area (Å²) in [6.45, 7) is 11.4. The second-order valence-corrected chi connectivity index (χ2v) is 11.6. The summed E-state index contributed by atoms with van der Waals surface area (Å²) in [6, 6.07) is 20.7. The van der Waals surface area contributed by atoms with Gasteiger partial charge in [0.2, 0.25) is 0 Å². The molecule has 172 valence electrons. The Balaban J connectivity index is 1.77. The molecule has 0 saturated carbocycles. The molecule has 4 aromatic carbocycles. The molecule has 0 fully saturated rings. The van der Waals surface area contributed by atoms with Gasteiger partial charge in [-0.15, -0.1) is 0 Å². The van der Waals surface area contributed by atoms with Gasteiger partial charge in [-0.2, -0.15) is 0 Å². The Kier molecular flexibility index (Phi) is 3.95. The van der Waals surface area contributed by atoms with Crippen molar-refractivity contribution >= 4 is 59.9 Å². The van der Waals surface area contributed by atoms with Gasteiger partial charge in [0.1, 0.15) is 5.52 Å². The van der Waals surface area contributed by atoms with Crippen LogP contribution in [0.2, 0.25) is 0 Å². The van der Waals surface area contributed by atoms with Gasteiger partial charge in [0, 0.05) is 16.2 Å². The number of hydrogen-bond donors (Lipinski definition) is 0. The van der Waals surface area contributed by atoms with Gasteiger partial charge >= 0.3 is 0 Å². The van der Waals surface area contributed by atoms with Crippen LogP contribution in [0, 0.1) is 19.3 Å². The van der Waals surface area contributed by atoms with Gasteiger partial charge < -0.3 is 4.40 Å². The van der Waals surface area contributed by atoms with Crippen molar-refractivity contribution in [3.8, 4) is 0 Å². The number of aryl methyl sites for hydroxylation is 3. The summed E-state index contributed by atoms with van der Waals surface area (Å²) in [5.74, 6) is 0. The van der Waals surface area contributed by atoms with Crippen LogP contribution >= 0.6 is 0 Å². The quantitative estimate of drug-likeness (QED) is 0.142. The van der Waals surface area contributed by atoms with E-state index in [4.69, 9.17) is 4.98 Å². The molecule has 0 N–H and O–H groups in total. The molecule has 35 heavy (non-hydrogen) atoms. The average molecular weight is 457 g/mol. The average Bonchev–Trinajstić information content (AvgIpc) is 3.13. The topological polar surface area (TPSA) is 21.2 Å². The molecule has 0 unspecified atom stereocenters. The van der Waals surface area contributed by atoms with Crippen LogP contribution < -0.4 is 4.57 Å². The third-order valence-corrected chi connectivity index (χ3v) is 7.68. The summed E-state index contributed by atoms with van der Waals surface area (Å²) >= 11 is 0. The van der Waals surface area contributed by atoms with Gasteiger partial charge in [0.15, 0.2) is 5.52 Å². The summed E-state index contributed by atoms with van der Waals surface area (Å²) in [6.07, 6.45) is 3.03. The first kappa shape index (κ1) is 20.6. The Morgan fingerprint density at radius 2 is 1.66 bits per heavy atom. The SMILES string of the molecule is Cc1ccc2c(c1)c1ccc3nc[n+](C)c4c5c(C)c6cc(CC(C)(C)C)ccc6cc5n2c1c34. The molecule has 0 aliphatic carbocycles. The van der Waals surface area contributed by atoms with Crippen molar-refractivity contribution in [2.75, 3.05) is 0 Å². The predicted octanol–water partition coefficient (Wildman–Crippen LogP) is 7.57. The highest BCUT2D eigenvalue weighted by molar-refractivity contribution is 6.27. The maximum atomic E-state index is 4.82. The third-order valence-electron chi connectivity index (χ3n) is 7.68. The maximum Gasteiger partial charge on any atom is 0.287 e. The van der Waals surface area contributed by atoms with Gasteiger partial charge in [0.25, 0.3) is 6.33 Å². The maximum absolute atomic E-state index is 4.82. The molecule has 3 heterocycles. The summed E-state index contributed by atoms with van der Waals surface area (Å²) in [7, 11) is 2.13. The van der Waals surface area contributed by atoms with E-state index in [2.05, 4.69) is 105 Å². The highest BCUT2D eigenvalue weighted by Gasteiger charge is 2.25. The first-order valence-electron chi connectivity index (χ1n) is 12.5. The Hall–Kier alpha value is -3.72. The van der Waals surface area contributed by atoms with Crippen molar-refractivity contribution in [1.29, 1.82) is 0 Å². The number of pyridine rings is 1. The molecule has 0 aliphatic rings. The number of nitrogens with zero attached hydrogens (tertiary/aromatic N) is 3. The molecule has 0 radical (unpaired) electrons. The lowest BCUT2D eigenvalue weighted by molar-refractivity contribution is -0.646. The van der Waals surface area contributed by atoms with Crippen LogP contribution in [0.25, 0.3) is 59.9 Å². The van der Waals surface area contributed by atoms with Crippen molar-refractivity contribution in [2.45, 2.75) is 41.0 Å². The summed E-state index contributed by atoms with van der Waals surface area (Å²) in [5.41, 5.74) is 10.4. The van der Waals surface area contributed by atoms with Crippen LogP contribution in [0.4, 0.5) is 0 Å². The van der Waals surface area contributed by atoms with E-state index in [1.165, 1.54) is 71.1 Å². The van der Waals surface area contributed by atoms with Crippen molar-refractivity contribution in [1.82, 2.24) is 9.38 Å². The van der Waals surface area contributed by atoms with E-state index in [1.54, 1.807) is 0 Å². The molecule has 3 aromatic heterocycles. The zero-order valence-electron chi connectivity index (χ0n) is 21.3. The number of benzene rings is 4. The van der Waals surface area contributed by atoms with Crippen LogP contribution in [-0.2, 0) is 13.5 Å². The monoisotopic (exact) mass is 456 g/mol. The normalized spacial score (nSPS) is 13.0. The molecular weight excluding hydrogens is 426 g/mol. The van der Waals surface area contributed by atoms with Gasteiger partial charge in [-0.1, -0.05) is 50.6 Å². The first-order valence-corrected chi connectivity index (χ1v) is 12.5. The Bertz CT molecular complexity index is 1980. The molecule has 0 amide bonds. The standard InChI is InChI=1S/C32H30N3/c1-18-7-12-26-24(13-18)22-10-11-25-29-30(22)35(26)27-15-21-9-8-20(16-32(3,4)5)14-23(21)19(2)28(27)31(29)34(6)17-33-25/h7-15,17H,16H2,1-6H3/q+1. The third kappa shape index (κ3) is 2.78. The molecule has 7 aromatic rings. The van der Waals surface area contributed by atoms with E-state index in [0.29, 0.717) is 0 Å². The highest BCUT2D eigenvalue weighted by Crippen LogP contribution is 2.42. The van der Waals surface area contributed by atoms with Gasteiger partial charge in [-0.25, -0.2) is 4.57 Å². The smallest absolute Gasteiger partial charge is 0.287 e. The fourth-order valence-corrected chi connectivity index (χ4v) is 6.28. The fourth-order valence-electron chi connectivity index (χ4n) is 6.28. The van der Waals surface area contributed by atoms with Crippen LogP contribution in [0.5, 0.6) is 0 Å². The summed E-state index contributed by atoms with van der Waals surface area (Å²) in [4.78, 5) is 4.82. The lowest BCUT2D eigenvalue weighted by Crippen LogP contribution is -2.30. The minimum atomic E-state index is 0.256. The van der Waals surface area contributed by atoms with E-state index in [1.807, 2.05) is 6.33 Å². The zero-order valence-corrected chi connectivity index (χ0v) is 21.3. The predicted molar refractivity (Wildman–Crippen MR) is 148 cm³/mol. The Morgan fingerprint density at radius 3 is 2.46 bits per heavy atom. The largest absolute Gasteiger partial charge is 0.308 e. The number of hydrogen-bond acceptors (Lipinski definition) is 1. The minimum absolute atomic E-state index is 0.256. The molecule has 0 atom stereocenters. The second-order valence-electron chi connectivity index (χ2n) is 11.6. The minimum Gasteiger partial charge on any atom is -0.308 e. The Morgan fingerprint density at radius 1 is 0.829 bits per heavy atom. The van der Waals surface area contributed by atoms with Crippen molar-refractivity contribution in [3.63, 3.8) is 0 Å². The molecular formula is C32H30N3+. The van der Waals surface area contributed by atoms with Crippen LogP contribution in [-0.4, -0.2) is 9.38 Å². The molecule has 3 heteroatoms. The second kappa shape index (κ2) is 6.69. The fraction of sp³-hybridized carbons (Fsp3) is 0.250. The van der Waals surface area contributed by atoms with Crippen LogP contribution in [0.15, 0.2) is 60.9 Å². The summed E-state index contributed by atoms with van der Waals surface area (Å²) in [5, 5.41) is 7.83. The van der Waals surface area contributed by atoms with Crippen LogP contribution in [0.3, 0.4) is 0 Å². The summed E-state index contributed by atoms with van der Waals surface area (Å²) < 4.78 is 4.71. The van der Waals surface area contributed by atoms with E-state index in [-0.39, 0.29) is 5.41 Å². The van der Waals surface area contributed by atoms with Gasteiger partial charge in [0.05, 0.1) is 29.0 Å². The molecule has 7 rings (SSSR count). The zero-order chi connectivity index (χ0) is 24.2.